The summed E-state index contributed by atoms with van der Waals surface area (Å²) in [6, 6.07) is 3.53. The van der Waals surface area contributed by atoms with Gasteiger partial charge in [-0.1, -0.05) is 6.07 Å². The molecule has 0 bridgehead atoms. The van der Waals surface area contributed by atoms with Crippen molar-refractivity contribution in [2.75, 3.05) is 40.9 Å². The Morgan fingerprint density at radius 1 is 1.44 bits per heavy atom. The highest BCUT2D eigenvalue weighted by molar-refractivity contribution is 7.86. The molecule has 8 nitrogen and oxygen atoms in total. The number of nitrogens with zero attached hydrogens (tertiary/aromatic N) is 4. The molecule has 0 N–H and O–H groups in total. The smallest absolute Gasteiger partial charge is 0.281 e. The van der Waals surface area contributed by atoms with Crippen molar-refractivity contribution in [3.05, 3.63) is 30.1 Å². The number of ether oxygens (including phenoxy) is 1. The molecule has 0 aromatic carbocycles. The highest BCUT2D eigenvalue weighted by atomic mass is 32.2. The van der Waals surface area contributed by atoms with Crippen molar-refractivity contribution in [3.63, 3.8) is 0 Å². The largest absolute Gasteiger partial charge is 0.375 e. The highest BCUT2D eigenvalue weighted by Crippen LogP contribution is 2.21. The third-order valence-corrected chi connectivity index (χ3v) is 6.16. The number of carbonyl (C=O) groups is 1. The molecule has 0 radical (unpaired) electrons. The predicted octanol–water partition coefficient (Wildman–Crippen LogP) is 0.327. The second-order valence-corrected chi connectivity index (χ2v) is 8.40. The Hall–Kier alpha value is -1.55. The van der Waals surface area contributed by atoms with Crippen molar-refractivity contribution in [2.45, 2.75) is 25.4 Å². The minimum atomic E-state index is -3.49. The molecule has 1 aliphatic heterocycles. The van der Waals surface area contributed by atoms with Gasteiger partial charge in [-0.2, -0.15) is 17.0 Å². The molecule has 0 aliphatic carbocycles. The molecular formula is C16H26N4O4S. The Balaban J connectivity index is 2.19. The van der Waals surface area contributed by atoms with Crippen LogP contribution in [0.25, 0.3) is 0 Å². The number of hydrogen-bond acceptors (Lipinski definition) is 5. The molecule has 1 aromatic heterocycles. The molecule has 1 unspecified atom stereocenters. The summed E-state index contributed by atoms with van der Waals surface area (Å²) in [4.78, 5) is 18.3. The summed E-state index contributed by atoms with van der Waals surface area (Å²) in [5.74, 6) is -0.152. The summed E-state index contributed by atoms with van der Waals surface area (Å²) in [7, 11) is 1.02. The van der Waals surface area contributed by atoms with Crippen LogP contribution in [0.2, 0.25) is 0 Å². The van der Waals surface area contributed by atoms with Crippen LogP contribution in [-0.2, 0) is 26.3 Å². The van der Waals surface area contributed by atoms with Gasteiger partial charge < -0.3 is 9.64 Å². The van der Waals surface area contributed by atoms with Gasteiger partial charge in [0.2, 0.25) is 5.91 Å². The van der Waals surface area contributed by atoms with Gasteiger partial charge in [0.1, 0.15) is 6.61 Å². The average molecular weight is 370 g/mol. The lowest BCUT2D eigenvalue weighted by Crippen LogP contribution is -2.54. The van der Waals surface area contributed by atoms with Gasteiger partial charge in [-0.25, -0.2) is 0 Å². The van der Waals surface area contributed by atoms with Crippen LogP contribution in [0.4, 0.5) is 0 Å². The van der Waals surface area contributed by atoms with Gasteiger partial charge in [-0.15, -0.1) is 0 Å². The van der Waals surface area contributed by atoms with E-state index in [-0.39, 0.29) is 25.1 Å². The number of piperidine rings is 1. The number of hydrogen-bond donors (Lipinski definition) is 0. The number of aromatic nitrogens is 1. The average Bonchev–Trinajstić information content (AvgIpc) is 2.60. The Morgan fingerprint density at radius 3 is 2.80 bits per heavy atom. The maximum atomic E-state index is 12.5. The van der Waals surface area contributed by atoms with Crippen molar-refractivity contribution in [1.82, 2.24) is 18.5 Å². The van der Waals surface area contributed by atoms with Crippen molar-refractivity contribution in [2.24, 2.45) is 0 Å². The molecule has 1 fully saturated rings. The molecule has 2 heterocycles. The Morgan fingerprint density at radius 2 is 2.20 bits per heavy atom. The van der Waals surface area contributed by atoms with E-state index in [9.17, 15) is 13.2 Å². The number of amides is 1. The van der Waals surface area contributed by atoms with Crippen molar-refractivity contribution < 1.29 is 17.9 Å². The lowest BCUT2D eigenvalue weighted by molar-refractivity contribution is -0.139. The van der Waals surface area contributed by atoms with Crippen LogP contribution in [-0.4, -0.2) is 79.8 Å². The Bertz CT molecular complexity index is 666. The fraction of sp³-hybridized carbons (Fsp3) is 0.625. The van der Waals surface area contributed by atoms with Gasteiger partial charge in [0.25, 0.3) is 10.2 Å². The first-order valence-electron chi connectivity index (χ1n) is 8.21. The molecule has 1 atom stereocenters. The van der Waals surface area contributed by atoms with Gasteiger partial charge in [0.15, 0.2) is 0 Å². The molecule has 1 saturated heterocycles. The second-order valence-electron chi connectivity index (χ2n) is 6.26. The molecule has 1 aromatic rings. The first-order valence-corrected chi connectivity index (χ1v) is 9.61. The molecule has 1 aliphatic rings. The van der Waals surface area contributed by atoms with Crippen LogP contribution < -0.4 is 0 Å². The maximum Gasteiger partial charge on any atom is 0.281 e. The Labute approximate surface area is 149 Å². The zero-order valence-electron chi connectivity index (χ0n) is 15.0. The van der Waals surface area contributed by atoms with Gasteiger partial charge in [0.05, 0.1) is 0 Å². The van der Waals surface area contributed by atoms with E-state index >= 15 is 0 Å². The maximum absolute atomic E-state index is 12.5. The van der Waals surface area contributed by atoms with Gasteiger partial charge in [-0.3, -0.25) is 9.78 Å². The van der Waals surface area contributed by atoms with Crippen LogP contribution in [0.5, 0.6) is 0 Å². The van der Waals surface area contributed by atoms with E-state index < -0.39 is 10.2 Å². The molecule has 9 heteroatoms. The van der Waals surface area contributed by atoms with Crippen molar-refractivity contribution in [1.29, 1.82) is 0 Å². The number of pyridine rings is 1. The highest BCUT2D eigenvalue weighted by Gasteiger charge is 2.34. The third kappa shape index (κ3) is 4.97. The van der Waals surface area contributed by atoms with Gasteiger partial charge in [-0.05, 0) is 24.5 Å². The van der Waals surface area contributed by atoms with Crippen molar-refractivity contribution in [3.8, 4) is 0 Å². The quantitative estimate of drug-likeness (QED) is 0.691. The van der Waals surface area contributed by atoms with Crippen LogP contribution in [0.15, 0.2) is 24.5 Å². The van der Waals surface area contributed by atoms with E-state index in [0.717, 1.165) is 12.0 Å². The molecule has 0 spiro atoms. The molecule has 25 heavy (non-hydrogen) atoms. The standard InChI is InChI=1S/C16H26N4O4S/c1-18(2)25(22,23)19-9-5-7-15(12-19)20(16(21)13-24-3)11-14-6-4-8-17-10-14/h4,6,8,10,15H,5,7,9,11-13H2,1-3H3. The van der Waals surface area contributed by atoms with Crippen LogP contribution in [0.1, 0.15) is 18.4 Å². The zero-order chi connectivity index (χ0) is 18.4. The molecule has 140 valence electrons. The Kier molecular flexibility index (Phi) is 6.88. The normalized spacial score (nSPS) is 19.1. The summed E-state index contributed by atoms with van der Waals surface area (Å²) < 4.78 is 32.5. The fourth-order valence-corrected chi connectivity index (χ4v) is 4.11. The van der Waals surface area contributed by atoms with E-state index in [1.807, 2.05) is 12.1 Å². The summed E-state index contributed by atoms with van der Waals surface area (Å²) in [5, 5.41) is 0. The number of carbonyl (C=O) groups excluding carboxylic acids is 1. The van der Waals surface area contributed by atoms with E-state index in [2.05, 4.69) is 4.98 Å². The lowest BCUT2D eigenvalue weighted by atomic mass is 10.0. The summed E-state index contributed by atoms with van der Waals surface area (Å²) in [5.41, 5.74) is 0.902. The molecule has 0 saturated carbocycles. The monoisotopic (exact) mass is 370 g/mol. The molecule has 2 rings (SSSR count). The fourth-order valence-electron chi connectivity index (χ4n) is 2.93. The number of methoxy groups -OCH3 is 1. The van der Waals surface area contributed by atoms with E-state index in [1.54, 1.807) is 17.3 Å². The first-order chi connectivity index (χ1) is 11.9. The van der Waals surface area contributed by atoms with Crippen LogP contribution in [0.3, 0.4) is 0 Å². The van der Waals surface area contributed by atoms with Crippen molar-refractivity contribution >= 4 is 16.1 Å². The minimum Gasteiger partial charge on any atom is -0.375 e. The topological polar surface area (TPSA) is 83.0 Å². The zero-order valence-corrected chi connectivity index (χ0v) is 15.8. The number of rotatable bonds is 7. The summed E-state index contributed by atoms with van der Waals surface area (Å²) in [6.07, 6.45) is 4.86. The van der Waals surface area contributed by atoms with Crippen LogP contribution >= 0.6 is 0 Å². The lowest BCUT2D eigenvalue weighted by Gasteiger charge is -2.39. The summed E-state index contributed by atoms with van der Waals surface area (Å²) >= 11 is 0. The van der Waals surface area contributed by atoms with E-state index in [4.69, 9.17) is 4.74 Å². The van der Waals surface area contributed by atoms with E-state index in [0.29, 0.717) is 19.5 Å². The third-order valence-electron chi connectivity index (χ3n) is 4.25. The minimum absolute atomic E-state index is 0.0306. The molecular weight excluding hydrogens is 344 g/mol. The van der Waals surface area contributed by atoms with Gasteiger partial charge in [0, 0.05) is 59.3 Å². The van der Waals surface area contributed by atoms with Gasteiger partial charge >= 0.3 is 0 Å². The van der Waals surface area contributed by atoms with Crippen LogP contribution in [0, 0.1) is 0 Å². The molecule has 1 amide bonds. The second kappa shape index (κ2) is 8.70. The SMILES string of the molecule is COCC(=O)N(Cc1cccnc1)C1CCCN(S(=O)(=O)N(C)C)C1. The first kappa shape index (κ1) is 19.8. The summed E-state index contributed by atoms with van der Waals surface area (Å²) in [6.45, 7) is 1.11. The van der Waals surface area contributed by atoms with E-state index in [1.165, 1.54) is 29.8 Å². The predicted molar refractivity (Wildman–Crippen MR) is 93.9 cm³/mol.